The summed E-state index contributed by atoms with van der Waals surface area (Å²) in [6.45, 7) is 4.62. The summed E-state index contributed by atoms with van der Waals surface area (Å²) in [6, 6.07) is 10.7. The van der Waals surface area contributed by atoms with E-state index in [0.29, 0.717) is 11.3 Å². The van der Waals surface area contributed by atoms with Crippen LogP contribution in [-0.4, -0.2) is 11.0 Å². The molecule has 0 bridgehead atoms. The van der Waals surface area contributed by atoms with Gasteiger partial charge in [0.2, 0.25) is 0 Å². The van der Waals surface area contributed by atoms with Gasteiger partial charge in [-0.2, -0.15) is 0 Å². The van der Waals surface area contributed by atoms with Crippen LogP contribution < -0.4 is 5.73 Å². The lowest BCUT2D eigenvalue weighted by Gasteiger charge is -2.14. The Morgan fingerprint density at radius 1 is 1.33 bits per heavy atom. The van der Waals surface area contributed by atoms with Gasteiger partial charge in [0.15, 0.2) is 0 Å². The van der Waals surface area contributed by atoms with Crippen LogP contribution in [0.25, 0.3) is 10.9 Å². The fourth-order valence-electron chi connectivity index (χ4n) is 2.97. The Morgan fingerprint density at radius 2 is 2.06 bits per heavy atom. The number of nitrogens with two attached hydrogens (primary N) is 1. The number of hydrogen-bond donors (Lipinski definition) is 1. The Balaban J connectivity index is 1.87. The molecule has 2 atom stereocenters. The first-order valence-electron chi connectivity index (χ1n) is 6.66. The average Bonchev–Trinajstić information content (AvgIpc) is 2.99. The van der Waals surface area contributed by atoms with Crippen molar-refractivity contribution in [3.8, 4) is 0 Å². The second-order valence-electron chi connectivity index (χ2n) is 6.15. The summed E-state index contributed by atoms with van der Waals surface area (Å²) in [4.78, 5) is 4.40. The Morgan fingerprint density at radius 3 is 2.78 bits per heavy atom. The van der Waals surface area contributed by atoms with Gasteiger partial charge in [0.05, 0.1) is 5.52 Å². The third kappa shape index (κ3) is 2.01. The number of hydrogen-bond acceptors (Lipinski definition) is 2. The standard InChI is InChI=1S/C16H20N2/c1-16(2)10-13(16)14(17)9-11-7-8-18-15-6-4-3-5-12(11)15/h3-8,13-14H,9-10,17H2,1-2H3. The molecule has 1 fully saturated rings. The van der Waals surface area contributed by atoms with E-state index in [-0.39, 0.29) is 6.04 Å². The van der Waals surface area contributed by atoms with Crippen molar-refractivity contribution in [1.82, 2.24) is 4.98 Å². The van der Waals surface area contributed by atoms with Crippen molar-refractivity contribution < 1.29 is 0 Å². The van der Waals surface area contributed by atoms with Gasteiger partial charge in [0.1, 0.15) is 0 Å². The largest absolute Gasteiger partial charge is 0.327 e. The second-order valence-corrected chi connectivity index (χ2v) is 6.15. The Labute approximate surface area is 108 Å². The lowest BCUT2D eigenvalue weighted by Crippen LogP contribution is -2.27. The van der Waals surface area contributed by atoms with Gasteiger partial charge < -0.3 is 5.73 Å². The second kappa shape index (κ2) is 4.06. The van der Waals surface area contributed by atoms with Gasteiger partial charge >= 0.3 is 0 Å². The van der Waals surface area contributed by atoms with Crippen LogP contribution in [0.5, 0.6) is 0 Å². The highest BCUT2D eigenvalue weighted by molar-refractivity contribution is 5.81. The highest BCUT2D eigenvalue weighted by Crippen LogP contribution is 2.53. The van der Waals surface area contributed by atoms with Crippen LogP contribution >= 0.6 is 0 Å². The number of pyridine rings is 1. The highest BCUT2D eigenvalue weighted by Gasteiger charge is 2.48. The summed E-state index contributed by atoms with van der Waals surface area (Å²) < 4.78 is 0. The molecule has 2 heteroatoms. The van der Waals surface area contributed by atoms with Crippen LogP contribution in [0.2, 0.25) is 0 Å². The molecule has 0 spiro atoms. The Kier molecular flexibility index (Phi) is 2.63. The molecule has 0 aliphatic heterocycles. The van der Waals surface area contributed by atoms with E-state index in [9.17, 15) is 0 Å². The van der Waals surface area contributed by atoms with Crippen molar-refractivity contribution in [1.29, 1.82) is 0 Å². The first-order chi connectivity index (χ1) is 8.58. The van der Waals surface area contributed by atoms with E-state index in [1.807, 2.05) is 12.3 Å². The molecular weight excluding hydrogens is 220 g/mol. The van der Waals surface area contributed by atoms with Gasteiger partial charge in [-0.05, 0) is 41.9 Å². The van der Waals surface area contributed by atoms with Crippen LogP contribution in [0, 0.1) is 11.3 Å². The maximum Gasteiger partial charge on any atom is 0.0704 e. The predicted octanol–water partition coefficient (Wildman–Crippen LogP) is 3.15. The van der Waals surface area contributed by atoms with E-state index in [1.54, 1.807) is 0 Å². The van der Waals surface area contributed by atoms with Gasteiger partial charge in [-0.15, -0.1) is 0 Å². The minimum atomic E-state index is 0.269. The summed E-state index contributed by atoms with van der Waals surface area (Å²) in [5.74, 6) is 0.671. The quantitative estimate of drug-likeness (QED) is 0.895. The van der Waals surface area contributed by atoms with Crippen LogP contribution in [0.1, 0.15) is 25.8 Å². The van der Waals surface area contributed by atoms with E-state index in [4.69, 9.17) is 5.73 Å². The number of rotatable bonds is 3. The first kappa shape index (κ1) is 11.7. The minimum absolute atomic E-state index is 0.269. The van der Waals surface area contributed by atoms with E-state index in [2.05, 4.69) is 43.1 Å². The molecule has 0 radical (unpaired) electrons. The van der Waals surface area contributed by atoms with Crippen molar-refractivity contribution in [2.45, 2.75) is 32.7 Å². The topological polar surface area (TPSA) is 38.9 Å². The lowest BCUT2D eigenvalue weighted by atomic mass is 9.96. The molecule has 3 rings (SSSR count). The van der Waals surface area contributed by atoms with Crippen LogP contribution in [-0.2, 0) is 6.42 Å². The van der Waals surface area contributed by atoms with Crippen LogP contribution in [0.3, 0.4) is 0 Å². The van der Waals surface area contributed by atoms with Gasteiger partial charge in [0.25, 0.3) is 0 Å². The predicted molar refractivity (Wildman–Crippen MR) is 75.3 cm³/mol. The third-order valence-corrected chi connectivity index (χ3v) is 4.30. The van der Waals surface area contributed by atoms with E-state index in [1.165, 1.54) is 17.4 Å². The number of para-hydroxylation sites is 1. The summed E-state index contributed by atoms with van der Waals surface area (Å²) in [7, 11) is 0. The molecule has 1 aromatic heterocycles. The summed E-state index contributed by atoms with van der Waals surface area (Å²) >= 11 is 0. The van der Waals surface area contributed by atoms with Crippen LogP contribution in [0.4, 0.5) is 0 Å². The van der Waals surface area contributed by atoms with Gasteiger partial charge in [0, 0.05) is 17.6 Å². The molecule has 0 amide bonds. The number of benzene rings is 1. The fourth-order valence-corrected chi connectivity index (χ4v) is 2.97. The van der Waals surface area contributed by atoms with Crippen molar-refractivity contribution in [3.05, 3.63) is 42.1 Å². The first-order valence-corrected chi connectivity index (χ1v) is 6.66. The Hall–Kier alpha value is -1.41. The molecule has 2 N–H and O–H groups in total. The van der Waals surface area contributed by atoms with E-state index in [0.717, 1.165) is 11.9 Å². The van der Waals surface area contributed by atoms with E-state index >= 15 is 0 Å². The average molecular weight is 240 g/mol. The molecule has 0 saturated heterocycles. The number of fused-ring (bicyclic) bond motifs is 1. The zero-order valence-electron chi connectivity index (χ0n) is 11.1. The van der Waals surface area contributed by atoms with Crippen molar-refractivity contribution >= 4 is 10.9 Å². The molecule has 2 aromatic rings. The van der Waals surface area contributed by atoms with Crippen LogP contribution in [0.15, 0.2) is 36.5 Å². The van der Waals surface area contributed by atoms with Gasteiger partial charge in [-0.3, -0.25) is 4.98 Å². The molecule has 94 valence electrons. The molecule has 1 aliphatic rings. The maximum atomic E-state index is 6.36. The molecular formula is C16H20N2. The van der Waals surface area contributed by atoms with Crippen molar-refractivity contribution in [2.24, 2.45) is 17.1 Å². The van der Waals surface area contributed by atoms with Crippen molar-refractivity contribution in [3.63, 3.8) is 0 Å². The fraction of sp³-hybridized carbons (Fsp3) is 0.438. The lowest BCUT2D eigenvalue weighted by molar-refractivity contribution is 0.477. The normalized spacial score (nSPS) is 22.9. The molecule has 18 heavy (non-hydrogen) atoms. The zero-order valence-corrected chi connectivity index (χ0v) is 11.1. The monoisotopic (exact) mass is 240 g/mol. The maximum absolute atomic E-state index is 6.36. The summed E-state index contributed by atoms with van der Waals surface area (Å²) in [5, 5.41) is 1.24. The molecule has 1 heterocycles. The zero-order chi connectivity index (χ0) is 12.8. The molecule has 1 aliphatic carbocycles. The Bertz CT molecular complexity index is 569. The van der Waals surface area contributed by atoms with Crippen molar-refractivity contribution in [2.75, 3.05) is 0 Å². The highest BCUT2D eigenvalue weighted by atomic mass is 14.7. The smallest absolute Gasteiger partial charge is 0.0704 e. The summed E-state index contributed by atoms with van der Waals surface area (Å²) in [6.07, 6.45) is 4.11. The number of aromatic nitrogens is 1. The van der Waals surface area contributed by atoms with Gasteiger partial charge in [-0.25, -0.2) is 0 Å². The molecule has 2 nitrogen and oxygen atoms in total. The molecule has 1 saturated carbocycles. The SMILES string of the molecule is CC1(C)CC1C(N)Cc1ccnc2ccccc12. The number of nitrogens with zero attached hydrogens (tertiary/aromatic N) is 1. The van der Waals surface area contributed by atoms with E-state index < -0.39 is 0 Å². The molecule has 2 unspecified atom stereocenters. The third-order valence-electron chi connectivity index (χ3n) is 4.30. The summed E-state index contributed by atoms with van der Waals surface area (Å²) in [5.41, 5.74) is 9.20. The minimum Gasteiger partial charge on any atom is -0.327 e. The molecule has 1 aromatic carbocycles. The van der Waals surface area contributed by atoms with Gasteiger partial charge in [-0.1, -0.05) is 32.0 Å².